The van der Waals surface area contributed by atoms with Gasteiger partial charge in [-0.15, -0.1) is 0 Å². The van der Waals surface area contributed by atoms with Crippen molar-refractivity contribution in [2.24, 2.45) is 0 Å². The maximum Gasteiger partial charge on any atom is 0.278 e. The molecule has 0 bridgehead atoms. The Kier molecular flexibility index (Phi) is 4.71. The van der Waals surface area contributed by atoms with Gasteiger partial charge in [0.1, 0.15) is 40.1 Å². The van der Waals surface area contributed by atoms with Gasteiger partial charge in [-0.25, -0.2) is 23.1 Å². The third kappa shape index (κ3) is 5.18. The van der Waals surface area contributed by atoms with Crippen LogP contribution in [0.5, 0.6) is 5.75 Å². The molecule has 192 valence electrons. The molecular formula is C25H21ClF3N5O3. The van der Waals surface area contributed by atoms with E-state index in [4.69, 9.17) is 27.3 Å². The second-order valence-corrected chi connectivity index (χ2v) is 8.10. The summed E-state index contributed by atoms with van der Waals surface area (Å²) in [5, 5.41) is 10.0. The number of hydrogen-bond acceptors (Lipinski definition) is 7. The molecule has 0 amide bonds. The Hall–Kier alpha value is -3.83. The summed E-state index contributed by atoms with van der Waals surface area (Å²) < 4.78 is 111. The molecule has 0 radical (unpaired) electrons. The standard InChI is InChI=1S/C25H21ClF3N5O3/c1-12-9-32-21(16-5-6-30-24(33-16)25(3,4)36)20(29)22(12)34-13(2)7-18(19(26)23(34)35)37-11-17-15(28)8-14(27)10-31-17/h5-10,36H,11H2,1-4H3/i3D3,4D3,11D2. The van der Waals surface area contributed by atoms with E-state index in [1.165, 1.54) is 13.8 Å². The normalized spacial score (nSPS) is 15.9. The number of hydrogen-bond donors (Lipinski definition) is 1. The van der Waals surface area contributed by atoms with Crippen LogP contribution < -0.4 is 10.3 Å². The minimum Gasteiger partial charge on any atom is -0.485 e. The SMILES string of the molecule is [2H]C([2H])(Oc1cc(C)n(-c2c(C)cnc(-c3ccnc(C(O)(C([2H])([2H])[2H])C([2H])([2H])[2H])n3)c2F)c(=O)c1Cl)c1ncc(F)cc1F. The summed E-state index contributed by atoms with van der Waals surface area (Å²) in [7, 11) is 0. The van der Waals surface area contributed by atoms with Crippen molar-refractivity contribution in [2.75, 3.05) is 0 Å². The fourth-order valence-corrected chi connectivity index (χ4v) is 3.49. The van der Waals surface area contributed by atoms with Crippen molar-refractivity contribution in [3.05, 3.63) is 92.4 Å². The van der Waals surface area contributed by atoms with Gasteiger partial charge in [0, 0.05) is 38.4 Å². The Morgan fingerprint density at radius 3 is 2.65 bits per heavy atom. The first-order chi connectivity index (χ1) is 20.6. The molecule has 0 spiro atoms. The number of aryl methyl sites for hydroxylation is 2. The van der Waals surface area contributed by atoms with E-state index in [2.05, 4.69) is 19.9 Å². The molecule has 4 aromatic rings. The van der Waals surface area contributed by atoms with Crippen LogP contribution in [-0.4, -0.2) is 29.6 Å². The Bertz CT molecular complexity index is 1860. The zero-order valence-corrected chi connectivity index (χ0v) is 19.7. The first-order valence-electron chi connectivity index (χ1n) is 14.3. The van der Waals surface area contributed by atoms with E-state index in [0.29, 0.717) is 12.3 Å². The van der Waals surface area contributed by atoms with Crippen molar-refractivity contribution >= 4 is 11.6 Å². The first kappa shape index (κ1) is 17.6. The van der Waals surface area contributed by atoms with Crippen molar-refractivity contribution in [3.8, 4) is 22.8 Å². The highest BCUT2D eigenvalue weighted by molar-refractivity contribution is 6.31. The Morgan fingerprint density at radius 1 is 1.19 bits per heavy atom. The average Bonchev–Trinajstić information content (AvgIpc) is 2.91. The molecule has 1 N–H and O–H groups in total. The summed E-state index contributed by atoms with van der Waals surface area (Å²) >= 11 is 6.20. The molecule has 0 aliphatic rings. The predicted molar refractivity (Wildman–Crippen MR) is 129 cm³/mol. The lowest BCUT2D eigenvalue weighted by atomic mass is 10.1. The third-order valence-electron chi connectivity index (χ3n) is 4.99. The quantitative estimate of drug-likeness (QED) is 0.382. The van der Waals surface area contributed by atoms with Crippen LogP contribution >= 0.6 is 11.6 Å². The van der Waals surface area contributed by atoms with E-state index in [1.807, 2.05) is 0 Å². The van der Waals surface area contributed by atoms with Crippen LogP contribution in [0.25, 0.3) is 17.1 Å². The van der Waals surface area contributed by atoms with Gasteiger partial charge < -0.3 is 9.84 Å². The summed E-state index contributed by atoms with van der Waals surface area (Å²) in [6.07, 6.45) is 2.58. The number of pyridine rings is 3. The fraction of sp³-hybridized carbons (Fsp3) is 0.240. The lowest BCUT2D eigenvalue weighted by molar-refractivity contribution is 0.0688. The summed E-state index contributed by atoms with van der Waals surface area (Å²) in [5.74, 6) is -5.27. The first-order valence-corrected chi connectivity index (χ1v) is 10.6. The highest BCUT2D eigenvalue weighted by atomic mass is 35.5. The van der Waals surface area contributed by atoms with Gasteiger partial charge in [0.2, 0.25) is 0 Å². The van der Waals surface area contributed by atoms with Gasteiger partial charge in [-0.1, -0.05) is 11.6 Å². The van der Waals surface area contributed by atoms with Crippen LogP contribution in [0.4, 0.5) is 13.2 Å². The molecule has 0 saturated heterocycles. The molecule has 4 aromatic heterocycles. The van der Waals surface area contributed by atoms with Crippen molar-refractivity contribution in [3.63, 3.8) is 0 Å². The van der Waals surface area contributed by atoms with Crippen LogP contribution in [0.15, 0.2) is 41.6 Å². The second-order valence-electron chi connectivity index (χ2n) is 7.72. The number of aliphatic hydroxyl groups is 1. The molecule has 37 heavy (non-hydrogen) atoms. The maximum absolute atomic E-state index is 16.2. The van der Waals surface area contributed by atoms with Gasteiger partial charge in [-0.2, -0.15) is 0 Å². The molecule has 0 aromatic carbocycles. The second kappa shape index (κ2) is 9.91. The highest BCUT2D eigenvalue weighted by Crippen LogP contribution is 2.30. The van der Waals surface area contributed by atoms with E-state index < -0.39 is 88.2 Å². The van der Waals surface area contributed by atoms with E-state index in [9.17, 15) is 18.7 Å². The van der Waals surface area contributed by atoms with Crippen LogP contribution in [0.2, 0.25) is 5.02 Å². The maximum atomic E-state index is 16.2. The monoisotopic (exact) mass is 539 g/mol. The molecule has 0 atom stereocenters. The highest BCUT2D eigenvalue weighted by Gasteiger charge is 2.24. The summed E-state index contributed by atoms with van der Waals surface area (Å²) in [5.41, 5.74) is -7.02. The lowest BCUT2D eigenvalue weighted by Gasteiger charge is -2.18. The Morgan fingerprint density at radius 2 is 1.95 bits per heavy atom. The van der Waals surface area contributed by atoms with E-state index >= 15 is 4.39 Å². The number of ether oxygens (including phenoxy) is 1. The van der Waals surface area contributed by atoms with Gasteiger partial charge in [-0.05, 0) is 39.2 Å². The number of halogens is 4. The van der Waals surface area contributed by atoms with E-state index in [1.54, 1.807) is 0 Å². The molecule has 8 nitrogen and oxygen atoms in total. The molecule has 4 rings (SSSR count). The third-order valence-corrected chi connectivity index (χ3v) is 5.34. The Labute approximate surface area is 225 Å². The minimum absolute atomic E-state index is 0.0653. The van der Waals surface area contributed by atoms with Gasteiger partial charge >= 0.3 is 0 Å². The Balaban J connectivity index is 1.85. The van der Waals surface area contributed by atoms with E-state index in [0.717, 1.165) is 29.1 Å². The van der Waals surface area contributed by atoms with Crippen LogP contribution in [-0.2, 0) is 12.2 Å². The van der Waals surface area contributed by atoms with Gasteiger partial charge in [0.15, 0.2) is 17.5 Å². The molecule has 0 fully saturated rings. The lowest BCUT2D eigenvalue weighted by Crippen LogP contribution is -2.24. The summed E-state index contributed by atoms with van der Waals surface area (Å²) in [4.78, 5) is 28.2. The summed E-state index contributed by atoms with van der Waals surface area (Å²) in [6, 6.07) is 2.50. The largest absolute Gasteiger partial charge is 0.485 e. The number of aromatic nitrogens is 5. The zero-order valence-electron chi connectivity index (χ0n) is 27.0. The smallest absolute Gasteiger partial charge is 0.278 e. The molecule has 0 saturated carbocycles. The van der Waals surface area contributed by atoms with Gasteiger partial charge in [0.25, 0.3) is 5.56 Å². The van der Waals surface area contributed by atoms with Crippen LogP contribution in [0.3, 0.4) is 0 Å². The van der Waals surface area contributed by atoms with Crippen molar-refractivity contribution in [1.82, 2.24) is 24.5 Å². The van der Waals surface area contributed by atoms with E-state index in [-0.39, 0.29) is 11.3 Å². The topological polar surface area (TPSA) is 103 Å². The molecule has 4 heterocycles. The predicted octanol–water partition coefficient (Wildman–Crippen LogP) is 4.58. The zero-order chi connectivity index (χ0) is 33.9. The average molecular weight is 540 g/mol. The fourth-order valence-electron chi connectivity index (χ4n) is 3.31. The van der Waals surface area contributed by atoms with Gasteiger partial charge in [0.05, 0.1) is 20.3 Å². The van der Waals surface area contributed by atoms with Crippen LogP contribution in [0, 0.1) is 31.3 Å². The van der Waals surface area contributed by atoms with Gasteiger partial charge in [-0.3, -0.25) is 19.3 Å². The molecule has 12 heteroatoms. The van der Waals surface area contributed by atoms with Crippen molar-refractivity contribution < 1.29 is 34.0 Å². The van der Waals surface area contributed by atoms with Crippen molar-refractivity contribution in [2.45, 2.75) is 39.7 Å². The molecular weight excluding hydrogens is 511 g/mol. The number of nitrogens with zero attached hydrogens (tertiary/aromatic N) is 5. The molecule has 0 aliphatic heterocycles. The molecule has 0 aliphatic carbocycles. The summed E-state index contributed by atoms with van der Waals surface area (Å²) in [6.45, 7) is -7.39. The van der Waals surface area contributed by atoms with Crippen LogP contribution in [0.1, 0.15) is 47.4 Å². The minimum atomic E-state index is -3.53. The molecule has 0 unspecified atom stereocenters. The number of rotatable bonds is 6. The van der Waals surface area contributed by atoms with Crippen molar-refractivity contribution in [1.29, 1.82) is 0 Å².